The van der Waals surface area contributed by atoms with Gasteiger partial charge in [0.1, 0.15) is 5.52 Å². The van der Waals surface area contributed by atoms with Crippen molar-refractivity contribution in [1.29, 1.82) is 0 Å². The second-order valence-corrected chi connectivity index (χ2v) is 5.65. The maximum atomic E-state index is 11.6. The highest BCUT2D eigenvalue weighted by molar-refractivity contribution is 7.99. The standard InChI is InChI=1S/C15H15N5O2S/c21-14(20-13-16-7-3-8-17-13)18-9-4-10-23-15-19-11-5-1-2-6-12(11)22-15/h1-3,5-8H,4,9-10H2,(H2,16,17,18,20,21). The number of benzene rings is 1. The lowest BCUT2D eigenvalue weighted by molar-refractivity contribution is 0.252. The summed E-state index contributed by atoms with van der Waals surface area (Å²) in [5.41, 5.74) is 1.64. The summed E-state index contributed by atoms with van der Waals surface area (Å²) in [6.07, 6.45) is 3.94. The lowest BCUT2D eigenvalue weighted by Gasteiger charge is -2.05. The first-order chi connectivity index (χ1) is 11.3. The molecule has 7 nitrogen and oxygen atoms in total. The van der Waals surface area contributed by atoms with Gasteiger partial charge in [0.15, 0.2) is 5.58 Å². The van der Waals surface area contributed by atoms with E-state index in [0.29, 0.717) is 11.8 Å². The third kappa shape index (κ3) is 4.43. The Morgan fingerprint density at radius 3 is 2.83 bits per heavy atom. The van der Waals surface area contributed by atoms with Crippen LogP contribution < -0.4 is 10.6 Å². The van der Waals surface area contributed by atoms with E-state index in [1.165, 1.54) is 11.8 Å². The van der Waals surface area contributed by atoms with Gasteiger partial charge in [0, 0.05) is 24.7 Å². The number of fused-ring (bicyclic) bond motifs is 1. The first-order valence-electron chi connectivity index (χ1n) is 7.11. The van der Waals surface area contributed by atoms with E-state index in [1.54, 1.807) is 18.5 Å². The lowest BCUT2D eigenvalue weighted by atomic mass is 10.3. The van der Waals surface area contributed by atoms with Gasteiger partial charge >= 0.3 is 6.03 Å². The van der Waals surface area contributed by atoms with Crippen molar-refractivity contribution in [1.82, 2.24) is 20.3 Å². The number of carbonyl (C=O) groups excluding carboxylic acids is 1. The van der Waals surface area contributed by atoms with Crippen molar-refractivity contribution in [2.24, 2.45) is 0 Å². The molecule has 8 heteroatoms. The molecule has 0 atom stereocenters. The summed E-state index contributed by atoms with van der Waals surface area (Å²) in [5.74, 6) is 1.08. The van der Waals surface area contributed by atoms with E-state index in [2.05, 4.69) is 25.6 Å². The third-order valence-electron chi connectivity index (χ3n) is 2.90. The number of hydrogen-bond donors (Lipinski definition) is 2. The minimum Gasteiger partial charge on any atom is -0.431 e. The molecule has 0 fully saturated rings. The van der Waals surface area contributed by atoms with Crippen LogP contribution in [-0.4, -0.2) is 33.3 Å². The fourth-order valence-corrected chi connectivity index (χ4v) is 2.63. The zero-order valence-electron chi connectivity index (χ0n) is 12.2. The van der Waals surface area contributed by atoms with Crippen molar-refractivity contribution in [3.63, 3.8) is 0 Å². The van der Waals surface area contributed by atoms with Crippen LogP contribution in [0.3, 0.4) is 0 Å². The Morgan fingerprint density at radius 2 is 2.00 bits per heavy atom. The number of rotatable bonds is 6. The Hall–Kier alpha value is -2.61. The Balaban J connectivity index is 1.36. The quantitative estimate of drug-likeness (QED) is 0.533. The Kier molecular flexibility index (Phi) is 5.05. The molecule has 118 valence electrons. The number of aromatic nitrogens is 3. The number of nitrogens with zero attached hydrogens (tertiary/aromatic N) is 3. The summed E-state index contributed by atoms with van der Waals surface area (Å²) >= 11 is 1.53. The molecule has 0 saturated heterocycles. The van der Waals surface area contributed by atoms with E-state index in [1.807, 2.05) is 24.3 Å². The fraction of sp³-hybridized carbons (Fsp3) is 0.200. The second kappa shape index (κ2) is 7.59. The Labute approximate surface area is 136 Å². The smallest absolute Gasteiger partial charge is 0.321 e. The monoisotopic (exact) mass is 329 g/mol. The van der Waals surface area contributed by atoms with E-state index in [9.17, 15) is 4.79 Å². The topological polar surface area (TPSA) is 92.9 Å². The van der Waals surface area contributed by atoms with Crippen LogP contribution in [0.4, 0.5) is 10.7 Å². The van der Waals surface area contributed by atoms with Crippen molar-refractivity contribution in [2.75, 3.05) is 17.6 Å². The average Bonchev–Trinajstić information content (AvgIpc) is 2.98. The largest absolute Gasteiger partial charge is 0.431 e. The first kappa shape index (κ1) is 15.3. The Morgan fingerprint density at radius 1 is 1.17 bits per heavy atom. The molecule has 2 amide bonds. The summed E-state index contributed by atoms with van der Waals surface area (Å²) in [6, 6.07) is 9.03. The molecule has 2 heterocycles. The van der Waals surface area contributed by atoms with E-state index < -0.39 is 0 Å². The molecule has 0 aliphatic heterocycles. The van der Waals surface area contributed by atoms with E-state index in [4.69, 9.17) is 4.42 Å². The molecular weight excluding hydrogens is 314 g/mol. The van der Waals surface area contributed by atoms with Crippen LogP contribution in [0.15, 0.2) is 52.4 Å². The minimum absolute atomic E-state index is 0.283. The number of para-hydroxylation sites is 2. The van der Waals surface area contributed by atoms with Crippen LogP contribution in [0.2, 0.25) is 0 Å². The van der Waals surface area contributed by atoms with Gasteiger partial charge in [-0.25, -0.2) is 19.7 Å². The maximum Gasteiger partial charge on any atom is 0.321 e. The van der Waals surface area contributed by atoms with E-state index >= 15 is 0 Å². The van der Waals surface area contributed by atoms with Crippen molar-refractivity contribution in [2.45, 2.75) is 11.6 Å². The number of amides is 2. The molecule has 0 aliphatic carbocycles. The molecule has 3 aromatic rings. The molecule has 0 bridgehead atoms. The summed E-state index contributed by atoms with van der Waals surface area (Å²) in [5, 5.41) is 5.95. The zero-order valence-corrected chi connectivity index (χ0v) is 13.0. The van der Waals surface area contributed by atoms with Crippen LogP contribution in [0.1, 0.15) is 6.42 Å². The summed E-state index contributed by atoms with van der Waals surface area (Å²) in [4.78, 5) is 23.8. The van der Waals surface area contributed by atoms with Gasteiger partial charge in [-0.15, -0.1) is 0 Å². The number of hydrogen-bond acceptors (Lipinski definition) is 6. The normalized spacial score (nSPS) is 10.6. The third-order valence-corrected chi connectivity index (χ3v) is 3.81. The number of urea groups is 1. The van der Waals surface area contributed by atoms with Gasteiger partial charge in [-0.1, -0.05) is 23.9 Å². The summed E-state index contributed by atoms with van der Waals surface area (Å²) in [6.45, 7) is 0.548. The summed E-state index contributed by atoms with van der Waals surface area (Å²) < 4.78 is 5.61. The number of thioether (sulfide) groups is 1. The van der Waals surface area contributed by atoms with Gasteiger partial charge < -0.3 is 9.73 Å². The molecule has 0 aliphatic rings. The SMILES string of the molecule is O=C(NCCCSc1nc2ccccc2o1)Nc1ncccn1. The highest BCUT2D eigenvalue weighted by Crippen LogP contribution is 2.23. The van der Waals surface area contributed by atoms with Gasteiger partial charge in [-0.2, -0.15) is 0 Å². The minimum atomic E-state index is -0.317. The number of anilines is 1. The molecule has 3 rings (SSSR count). The number of carbonyl (C=O) groups is 1. The molecule has 0 saturated carbocycles. The van der Waals surface area contributed by atoms with Crippen LogP contribution in [0, 0.1) is 0 Å². The highest BCUT2D eigenvalue weighted by atomic mass is 32.2. The van der Waals surface area contributed by atoms with Crippen molar-refractivity contribution in [3.05, 3.63) is 42.7 Å². The molecule has 0 spiro atoms. The van der Waals surface area contributed by atoms with Crippen LogP contribution >= 0.6 is 11.8 Å². The molecule has 2 N–H and O–H groups in total. The van der Waals surface area contributed by atoms with Crippen molar-refractivity contribution in [3.8, 4) is 0 Å². The van der Waals surface area contributed by atoms with Crippen molar-refractivity contribution >= 4 is 34.8 Å². The highest BCUT2D eigenvalue weighted by Gasteiger charge is 2.06. The molecule has 1 aromatic carbocycles. The molecule has 0 radical (unpaired) electrons. The number of oxazole rings is 1. The van der Waals surface area contributed by atoms with Gasteiger partial charge in [0.2, 0.25) is 5.95 Å². The van der Waals surface area contributed by atoms with Gasteiger partial charge in [0.05, 0.1) is 0 Å². The van der Waals surface area contributed by atoms with Gasteiger partial charge in [0.25, 0.3) is 5.22 Å². The van der Waals surface area contributed by atoms with E-state index in [0.717, 1.165) is 23.3 Å². The van der Waals surface area contributed by atoms with Crippen molar-refractivity contribution < 1.29 is 9.21 Å². The average molecular weight is 329 g/mol. The van der Waals surface area contributed by atoms with Gasteiger partial charge in [-0.05, 0) is 24.6 Å². The maximum absolute atomic E-state index is 11.6. The molecule has 2 aromatic heterocycles. The predicted octanol–water partition coefficient (Wildman–Crippen LogP) is 2.92. The van der Waals surface area contributed by atoms with E-state index in [-0.39, 0.29) is 12.0 Å². The van der Waals surface area contributed by atoms with Gasteiger partial charge in [-0.3, -0.25) is 5.32 Å². The molecule has 0 unspecified atom stereocenters. The molecular formula is C15H15N5O2S. The van der Waals surface area contributed by atoms with Crippen LogP contribution in [0.25, 0.3) is 11.1 Å². The van der Waals surface area contributed by atoms with Crippen LogP contribution in [0.5, 0.6) is 0 Å². The summed E-state index contributed by atoms with van der Waals surface area (Å²) in [7, 11) is 0. The van der Waals surface area contributed by atoms with Crippen LogP contribution in [-0.2, 0) is 0 Å². The predicted molar refractivity (Wildman–Crippen MR) is 88.4 cm³/mol. The molecule has 23 heavy (non-hydrogen) atoms. The fourth-order valence-electron chi connectivity index (χ4n) is 1.86. The zero-order chi connectivity index (χ0) is 15.9. The first-order valence-corrected chi connectivity index (χ1v) is 8.10. The Bertz CT molecular complexity index is 745. The second-order valence-electron chi connectivity index (χ2n) is 4.60. The number of nitrogens with one attached hydrogen (secondary N) is 2. The lowest BCUT2D eigenvalue weighted by Crippen LogP contribution is -2.30.